The standard InChI is InChI=1S/C22H23N3O4/c1-25(13-17-11-15-7-3-4-8-19(15)29-17)22(26)18-12-16(23-24-18)14-28-21-10-6-5-9-20(21)27-2/h3-10,12,17H,11,13-14H2,1-2H3,(H,23,24)/t17-/m0/s1. The van der Waals surface area contributed by atoms with Crippen molar-refractivity contribution < 1.29 is 19.0 Å². The number of methoxy groups -OCH3 is 1. The van der Waals surface area contributed by atoms with Gasteiger partial charge in [0.15, 0.2) is 17.2 Å². The van der Waals surface area contributed by atoms with Crippen molar-refractivity contribution in [3.05, 3.63) is 71.5 Å². The van der Waals surface area contributed by atoms with Gasteiger partial charge in [0.05, 0.1) is 19.3 Å². The highest BCUT2D eigenvalue weighted by molar-refractivity contribution is 5.92. The number of nitrogens with zero attached hydrogens (tertiary/aromatic N) is 2. The van der Waals surface area contributed by atoms with Crippen molar-refractivity contribution in [1.82, 2.24) is 15.1 Å². The van der Waals surface area contributed by atoms with Crippen molar-refractivity contribution >= 4 is 5.91 Å². The first kappa shape index (κ1) is 18.9. The third-order valence-corrected chi connectivity index (χ3v) is 4.84. The van der Waals surface area contributed by atoms with Gasteiger partial charge in [-0.2, -0.15) is 5.10 Å². The Morgan fingerprint density at radius 2 is 1.97 bits per heavy atom. The van der Waals surface area contributed by atoms with Crippen LogP contribution in [0.5, 0.6) is 17.2 Å². The number of nitrogens with one attached hydrogen (secondary N) is 1. The van der Waals surface area contributed by atoms with E-state index in [0.29, 0.717) is 29.4 Å². The molecule has 7 nitrogen and oxygen atoms in total. The van der Waals surface area contributed by atoms with Gasteiger partial charge >= 0.3 is 0 Å². The fraction of sp³-hybridized carbons (Fsp3) is 0.273. The largest absolute Gasteiger partial charge is 0.493 e. The summed E-state index contributed by atoms with van der Waals surface area (Å²) < 4.78 is 17.0. The molecule has 0 bridgehead atoms. The number of carbonyl (C=O) groups excluding carboxylic acids is 1. The predicted molar refractivity (Wildman–Crippen MR) is 107 cm³/mol. The van der Waals surface area contributed by atoms with Gasteiger partial charge in [-0.05, 0) is 29.8 Å². The molecule has 1 aliphatic heterocycles. The molecular formula is C22H23N3O4. The molecule has 0 radical (unpaired) electrons. The van der Waals surface area contributed by atoms with Crippen molar-refractivity contribution in [1.29, 1.82) is 0 Å². The third kappa shape index (κ3) is 4.18. The van der Waals surface area contributed by atoms with Gasteiger partial charge in [-0.15, -0.1) is 0 Å². The maximum atomic E-state index is 12.7. The van der Waals surface area contributed by atoms with E-state index in [4.69, 9.17) is 14.2 Å². The van der Waals surface area contributed by atoms with E-state index in [1.165, 1.54) is 5.56 Å². The van der Waals surface area contributed by atoms with E-state index < -0.39 is 0 Å². The number of likely N-dealkylation sites (N-methyl/N-ethyl adjacent to an activating group) is 1. The highest BCUT2D eigenvalue weighted by Gasteiger charge is 2.26. The maximum Gasteiger partial charge on any atom is 0.274 e. The molecule has 1 aromatic heterocycles. The number of fused-ring (bicyclic) bond motifs is 1. The summed E-state index contributed by atoms with van der Waals surface area (Å²) in [4.78, 5) is 14.4. The topological polar surface area (TPSA) is 76.7 Å². The summed E-state index contributed by atoms with van der Waals surface area (Å²) in [6.07, 6.45) is 0.750. The van der Waals surface area contributed by atoms with Crippen LogP contribution in [0.25, 0.3) is 0 Å². The summed E-state index contributed by atoms with van der Waals surface area (Å²) in [6.45, 7) is 0.749. The number of H-pyrrole nitrogens is 1. The van der Waals surface area contributed by atoms with Gasteiger partial charge in [0.2, 0.25) is 0 Å². The fourth-order valence-electron chi connectivity index (χ4n) is 3.38. The number of aromatic amines is 1. The Morgan fingerprint density at radius 1 is 1.21 bits per heavy atom. The lowest BCUT2D eigenvalue weighted by Crippen LogP contribution is -2.36. The zero-order valence-electron chi connectivity index (χ0n) is 16.4. The van der Waals surface area contributed by atoms with E-state index in [2.05, 4.69) is 16.3 Å². The van der Waals surface area contributed by atoms with Crippen LogP contribution in [0.3, 0.4) is 0 Å². The minimum Gasteiger partial charge on any atom is -0.493 e. The Morgan fingerprint density at radius 3 is 2.76 bits per heavy atom. The number of rotatable bonds is 7. The van der Waals surface area contributed by atoms with Crippen LogP contribution in [0.4, 0.5) is 0 Å². The second kappa shape index (κ2) is 8.26. The Labute approximate surface area is 169 Å². The average molecular weight is 393 g/mol. The molecule has 1 aliphatic rings. The second-order valence-electron chi connectivity index (χ2n) is 6.96. The van der Waals surface area contributed by atoms with Gasteiger partial charge in [-0.25, -0.2) is 0 Å². The van der Waals surface area contributed by atoms with E-state index in [9.17, 15) is 4.79 Å². The minimum absolute atomic E-state index is 0.0476. The Kier molecular flexibility index (Phi) is 5.37. The molecule has 3 aromatic rings. The molecule has 0 fully saturated rings. The number of aromatic nitrogens is 2. The number of amides is 1. The summed E-state index contributed by atoms with van der Waals surface area (Å²) >= 11 is 0. The highest BCUT2D eigenvalue weighted by Crippen LogP contribution is 2.29. The summed E-state index contributed by atoms with van der Waals surface area (Å²) in [6, 6.07) is 17.1. The third-order valence-electron chi connectivity index (χ3n) is 4.84. The summed E-state index contributed by atoms with van der Waals surface area (Å²) in [5.41, 5.74) is 2.23. The van der Waals surface area contributed by atoms with Crippen LogP contribution in [-0.4, -0.2) is 47.8 Å². The van der Waals surface area contributed by atoms with Crippen LogP contribution < -0.4 is 14.2 Å². The van der Waals surface area contributed by atoms with Crippen LogP contribution in [0.2, 0.25) is 0 Å². The minimum atomic E-state index is -0.163. The van der Waals surface area contributed by atoms with E-state index in [1.54, 1.807) is 25.1 Å². The van der Waals surface area contributed by atoms with E-state index in [1.807, 2.05) is 42.5 Å². The van der Waals surface area contributed by atoms with Crippen molar-refractivity contribution in [2.75, 3.05) is 20.7 Å². The molecule has 1 amide bonds. The van der Waals surface area contributed by atoms with Crippen LogP contribution in [-0.2, 0) is 13.0 Å². The van der Waals surface area contributed by atoms with Gasteiger partial charge in [-0.3, -0.25) is 9.89 Å². The van der Waals surface area contributed by atoms with Crippen molar-refractivity contribution in [3.8, 4) is 17.2 Å². The molecule has 2 aromatic carbocycles. The van der Waals surface area contributed by atoms with Crippen LogP contribution in [0.1, 0.15) is 21.7 Å². The lowest BCUT2D eigenvalue weighted by Gasteiger charge is -2.20. The molecule has 7 heteroatoms. The van der Waals surface area contributed by atoms with Gasteiger partial charge in [0.1, 0.15) is 18.5 Å². The predicted octanol–water partition coefficient (Wildman–Crippen LogP) is 3.07. The van der Waals surface area contributed by atoms with Crippen LogP contribution >= 0.6 is 0 Å². The maximum absolute atomic E-state index is 12.7. The molecule has 0 saturated carbocycles. The van der Waals surface area contributed by atoms with Gasteiger partial charge in [0, 0.05) is 13.5 Å². The van der Waals surface area contributed by atoms with Gasteiger partial charge in [0.25, 0.3) is 5.91 Å². The lowest BCUT2D eigenvalue weighted by molar-refractivity contribution is 0.0724. The second-order valence-corrected chi connectivity index (χ2v) is 6.96. The van der Waals surface area contributed by atoms with Crippen LogP contribution in [0, 0.1) is 0 Å². The number of ether oxygens (including phenoxy) is 3. The zero-order valence-corrected chi connectivity index (χ0v) is 16.4. The molecule has 0 saturated heterocycles. The zero-order chi connectivity index (χ0) is 20.2. The molecule has 0 spiro atoms. The number of benzene rings is 2. The SMILES string of the molecule is COc1ccccc1OCc1cc(C(=O)N(C)C[C@@H]2Cc3ccccc3O2)n[nH]1. The number of hydrogen-bond acceptors (Lipinski definition) is 5. The molecule has 0 unspecified atom stereocenters. The first-order chi connectivity index (χ1) is 14.1. The average Bonchev–Trinajstić information content (AvgIpc) is 3.38. The lowest BCUT2D eigenvalue weighted by atomic mass is 10.1. The highest BCUT2D eigenvalue weighted by atomic mass is 16.5. The van der Waals surface area contributed by atoms with E-state index in [-0.39, 0.29) is 18.6 Å². The summed E-state index contributed by atoms with van der Waals surface area (Å²) in [7, 11) is 3.35. The number of carbonyl (C=O) groups is 1. The number of para-hydroxylation sites is 3. The Hall–Kier alpha value is -3.48. The molecule has 2 heterocycles. The molecule has 150 valence electrons. The Bertz CT molecular complexity index is 976. The number of hydrogen-bond donors (Lipinski definition) is 1. The quantitative estimate of drug-likeness (QED) is 0.668. The van der Waals surface area contributed by atoms with Gasteiger partial charge in [-0.1, -0.05) is 30.3 Å². The van der Waals surface area contributed by atoms with E-state index >= 15 is 0 Å². The monoisotopic (exact) mass is 393 g/mol. The molecule has 0 aliphatic carbocycles. The van der Waals surface area contributed by atoms with Gasteiger partial charge < -0.3 is 19.1 Å². The molecular weight excluding hydrogens is 370 g/mol. The first-order valence-electron chi connectivity index (χ1n) is 9.44. The first-order valence-corrected chi connectivity index (χ1v) is 9.44. The van der Waals surface area contributed by atoms with Crippen molar-refractivity contribution in [2.45, 2.75) is 19.1 Å². The molecule has 1 N–H and O–H groups in total. The fourth-order valence-corrected chi connectivity index (χ4v) is 3.38. The molecule has 1 atom stereocenters. The normalized spacial score (nSPS) is 14.8. The smallest absolute Gasteiger partial charge is 0.274 e. The molecule has 29 heavy (non-hydrogen) atoms. The Balaban J connectivity index is 1.33. The van der Waals surface area contributed by atoms with Crippen LogP contribution in [0.15, 0.2) is 54.6 Å². The summed E-state index contributed by atoms with van der Waals surface area (Å²) in [5, 5.41) is 7.00. The van der Waals surface area contributed by atoms with Crippen molar-refractivity contribution in [3.63, 3.8) is 0 Å². The molecule has 4 rings (SSSR count). The van der Waals surface area contributed by atoms with Crippen molar-refractivity contribution in [2.24, 2.45) is 0 Å². The van der Waals surface area contributed by atoms with E-state index in [0.717, 1.165) is 12.2 Å². The summed E-state index contributed by atoms with van der Waals surface area (Å²) in [5.74, 6) is 2.02.